The summed E-state index contributed by atoms with van der Waals surface area (Å²) in [4.78, 5) is 16.3. The zero-order valence-electron chi connectivity index (χ0n) is 20.5. The van der Waals surface area contributed by atoms with E-state index < -0.39 is 0 Å². The van der Waals surface area contributed by atoms with E-state index in [1.807, 2.05) is 0 Å². The molecule has 4 heteroatoms. The third-order valence-electron chi connectivity index (χ3n) is 6.79. The predicted octanol–water partition coefficient (Wildman–Crippen LogP) is 6.75. The Hall–Kier alpha value is -1.16. The van der Waals surface area contributed by atoms with Crippen molar-refractivity contribution >= 4 is 12.1 Å². The van der Waals surface area contributed by atoms with Crippen molar-refractivity contribution in [1.82, 2.24) is 5.32 Å². The lowest BCUT2D eigenvalue weighted by Gasteiger charge is -2.42. The minimum Gasteiger partial charge on any atom is -0.307 e. The first-order valence-electron chi connectivity index (χ1n) is 12.9. The van der Waals surface area contributed by atoms with Crippen molar-refractivity contribution in [2.24, 2.45) is 4.99 Å². The Morgan fingerprint density at radius 1 is 1.00 bits per heavy atom. The second-order valence-corrected chi connectivity index (χ2v) is 9.16. The summed E-state index contributed by atoms with van der Waals surface area (Å²) in [7, 11) is 0. The number of rotatable bonds is 18. The van der Waals surface area contributed by atoms with E-state index in [9.17, 15) is 4.79 Å². The van der Waals surface area contributed by atoms with Crippen molar-refractivity contribution in [3.8, 4) is 0 Å². The van der Waals surface area contributed by atoms with Crippen LogP contribution in [0.5, 0.6) is 0 Å². The molecule has 0 saturated heterocycles. The smallest absolute Gasteiger partial charge is 0.221 e. The summed E-state index contributed by atoms with van der Waals surface area (Å²) in [5.41, 5.74) is 0. The molecular weight excluding hydrogens is 370 g/mol. The van der Waals surface area contributed by atoms with Gasteiger partial charge in [0.25, 0.3) is 0 Å². The van der Waals surface area contributed by atoms with Gasteiger partial charge in [0.15, 0.2) is 12.3 Å². The summed E-state index contributed by atoms with van der Waals surface area (Å²) in [5, 5.41) is 3.11. The molecule has 174 valence electrons. The molecule has 0 aromatic heterocycles. The van der Waals surface area contributed by atoms with E-state index in [1.54, 1.807) is 6.92 Å². The maximum atomic E-state index is 11.5. The number of aliphatic imine (C=N–C) groups is 1. The van der Waals surface area contributed by atoms with E-state index in [4.69, 9.17) is 4.99 Å². The molecule has 3 unspecified atom stereocenters. The summed E-state index contributed by atoms with van der Waals surface area (Å²) in [6.45, 7) is 10.2. The third kappa shape index (κ3) is 10.2. The average Bonchev–Trinajstić information content (AvgIpc) is 3.14. The standard InChI is InChI=1S/C26H49N3O/c1-5-7-8-9-10-11-12-13-14-15-16-17-18-19-20-21-26-27-22-23-29(26,6-2)24(3)28-25(4)30/h14-15,22,24,26H,5-13,16-21,23H2,1-4H3/p+1/b15-14+. The van der Waals surface area contributed by atoms with Crippen LogP contribution in [0.15, 0.2) is 17.1 Å². The highest BCUT2D eigenvalue weighted by atomic mass is 16.1. The molecule has 0 radical (unpaired) electrons. The zero-order chi connectivity index (χ0) is 22.1. The summed E-state index contributed by atoms with van der Waals surface area (Å²) in [6.07, 6.45) is 25.8. The summed E-state index contributed by atoms with van der Waals surface area (Å²) < 4.78 is 0.876. The van der Waals surface area contributed by atoms with Crippen LogP contribution in [0.2, 0.25) is 0 Å². The van der Waals surface area contributed by atoms with E-state index in [0.717, 1.165) is 24.0 Å². The second-order valence-electron chi connectivity index (χ2n) is 9.16. The zero-order valence-corrected chi connectivity index (χ0v) is 20.5. The molecule has 30 heavy (non-hydrogen) atoms. The number of carbonyl (C=O) groups is 1. The maximum absolute atomic E-state index is 11.5. The maximum Gasteiger partial charge on any atom is 0.221 e. The average molecular weight is 421 g/mol. The fraction of sp³-hybridized carbons (Fsp3) is 0.846. The van der Waals surface area contributed by atoms with Crippen LogP contribution in [0, 0.1) is 0 Å². The Labute approximate surface area is 187 Å². The van der Waals surface area contributed by atoms with Crippen LogP contribution in [0.4, 0.5) is 0 Å². The van der Waals surface area contributed by atoms with Gasteiger partial charge in [-0.2, -0.15) is 0 Å². The van der Waals surface area contributed by atoms with E-state index in [-0.39, 0.29) is 12.1 Å². The van der Waals surface area contributed by atoms with Gasteiger partial charge in [0.2, 0.25) is 5.91 Å². The molecule has 3 atom stereocenters. The molecule has 0 aromatic carbocycles. The van der Waals surface area contributed by atoms with E-state index >= 15 is 0 Å². The SMILES string of the molecule is CCCCCCCCC/C=C/CCCCCCC1N=CC[N+]1(CC)C(C)NC(C)=O. The van der Waals surface area contributed by atoms with Crippen molar-refractivity contribution in [3.05, 3.63) is 12.2 Å². The van der Waals surface area contributed by atoms with Crippen LogP contribution >= 0.6 is 0 Å². The number of unbranched alkanes of at least 4 members (excludes halogenated alkanes) is 11. The Morgan fingerprint density at radius 2 is 1.57 bits per heavy atom. The fourth-order valence-electron chi connectivity index (χ4n) is 4.76. The molecule has 1 N–H and O–H groups in total. The van der Waals surface area contributed by atoms with Crippen molar-refractivity contribution < 1.29 is 9.28 Å². The van der Waals surface area contributed by atoms with Gasteiger partial charge in [-0.15, -0.1) is 0 Å². The molecule has 0 spiro atoms. The number of allylic oxidation sites excluding steroid dienone is 2. The number of hydrogen-bond donors (Lipinski definition) is 1. The molecule has 1 aliphatic heterocycles. The fourth-order valence-corrected chi connectivity index (χ4v) is 4.76. The lowest BCUT2D eigenvalue weighted by atomic mass is 10.1. The first-order chi connectivity index (χ1) is 14.6. The molecule has 1 amide bonds. The predicted molar refractivity (Wildman–Crippen MR) is 131 cm³/mol. The normalized spacial score (nSPS) is 22.1. The number of amides is 1. The Morgan fingerprint density at radius 3 is 2.13 bits per heavy atom. The monoisotopic (exact) mass is 420 g/mol. The van der Waals surface area contributed by atoms with Crippen molar-refractivity contribution in [2.75, 3.05) is 13.1 Å². The minimum absolute atomic E-state index is 0.0547. The van der Waals surface area contributed by atoms with E-state index in [0.29, 0.717) is 6.17 Å². The quantitative estimate of drug-likeness (QED) is 0.149. The van der Waals surface area contributed by atoms with E-state index in [1.165, 1.54) is 83.5 Å². The highest BCUT2D eigenvalue weighted by molar-refractivity contribution is 5.73. The summed E-state index contributed by atoms with van der Waals surface area (Å²) in [6, 6.07) is 0. The van der Waals surface area contributed by atoms with Crippen LogP contribution in [-0.4, -0.2) is 42.0 Å². The van der Waals surface area contributed by atoms with Gasteiger partial charge in [0, 0.05) is 20.3 Å². The van der Waals surface area contributed by atoms with Crippen molar-refractivity contribution in [2.45, 2.75) is 130 Å². The molecule has 1 rings (SSSR count). The van der Waals surface area contributed by atoms with Crippen molar-refractivity contribution in [3.63, 3.8) is 0 Å². The lowest BCUT2D eigenvalue weighted by molar-refractivity contribution is -0.959. The Balaban J connectivity index is 2.07. The molecule has 0 saturated carbocycles. The number of quaternary nitrogens is 1. The van der Waals surface area contributed by atoms with Gasteiger partial charge < -0.3 is 5.32 Å². The van der Waals surface area contributed by atoms with Gasteiger partial charge in [0.05, 0.1) is 12.8 Å². The van der Waals surface area contributed by atoms with Gasteiger partial charge in [-0.05, 0) is 39.0 Å². The minimum atomic E-state index is 0.0547. The van der Waals surface area contributed by atoms with Gasteiger partial charge in [-0.3, -0.25) is 9.28 Å². The first kappa shape index (κ1) is 26.9. The topological polar surface area (TPSA) is 41.5 Å². The Bertz CT molecular complexity index is 503. The van der Waals surface area contributed by atoms with Gasteiger partial charge in [0.1, 0.15) is 6.54 Å². The molecule has 1 aliphatic rings. The van der Waals surface area contributed by atoms with Gasteiger partial charge >= 0.3 is 0 Å². The summed E-state index contributed by atoms with van der Waals surface area (Å²) in [5.74, 6) is 0.0547. The van der Waals surface area contributed by atoms with Crippen LogP contribution < -0.4 is 5.32 Å². The van der Waals surface area contributed by atoms with E-state index in [2.05, 4.69) is 44.5 Å². The molecule has 0 aliphatic carbocycles. The van der Waals surface area contributed by atoms with Crippen LogP contribution in [-0.2, 0) is 4.79 Å². The highest BCUT2D eigenvalue weighted by Crippen LogP contribution is 2.27. The Kier molecular flexibility index (Phi) is 14.8. The number of nitrogens with one attached hydrogen (secondary N) is 1. The third-order valence-corrected chi connectivity index (χ3v) is 6.79. The largest absolute Gasteiger partial charge is 0.307 e. The molecule has 0 aromatic rings. The lowest BCUT2D eigenvalue weighted by Crippen LogP contribution is -2.63. The van der Waals surface area contributed by atoms with Crippen LogP contribution in [0.1, 0.15) is 118 Å². The molecule has 1 heterocycles. The van der Waals surface area contributed by atoms with Gasteiger partial charge in [-0.1, -0.05) is 70.4 Å². The molecular formula is C26H50N3O+. The number of carbonyl (C=O) groups excluding carboxylic acids is 1. The van der Waals surface area contributed by atoms with Crippen molar-refractivity contribution in [1.29, 1.82) is 0 Å². The van der Waals surface area contributed by atoms with Crippen LogP contribution in [0.25, 0.3) is 0 Å². The highest BCUT2D eigenvalue weighted by Gasteiger charge is 2.42. The molecule has 4 nitrogen and oxygen atoms in total. The van der Waals surface area contributed by atoms with Gasteiger partial charge in [-0.25, -0.2) is 4.99 Å². The molecule has 0 fully saturated rings. The number of hydrogen-bond acceptors (Lipinski definition) is 2. The van der Waals surface area contributed by atoms with Crippen LogP contribution in [0.3, 0.4) is 0 Å². The number of nitrogens with zero attached hydrogens (tertiary/aromatic N) is 2. The molecule has 0 bridgehead atoms. The first-order valence-corrected chi connectivity index (χ1v) is 12.9. The second kappa shape index (κ2) is 16.5. The summed E-state index contributed by atoms with van der Waals surface area (Å²) >= 11 is 0.